The Morgan fingerprint density at radius 3 is 1.87 bits per heavy atom. The molecule has 4 aromatic rings. The van der Waals surface area contributed by atoms with Crippen LogP contribution in [0.2, 0.25) is 0 Å². The van der Waals surface area contributed by atoms with Gasteiger partial charge >= 0.3 is 0 Å². The highest BCUT2D eigenvalue weighted by Gasteiger charge is 2.35. The molecule has 1 aliphatic rings. The summed E-state index contributed by atoms with van der Waals surface area (Å²) in [4.78, 5) is 30.2. The number of sulfonamides is 1. The van der Waals surface area contributed by atoms with Gasteiger partial charge in [-0.1, -0.05) is 109 Å². The van der Waals surface area contributed by atoms with Crippen LogP contribution in [0.15, 0.2) is 114 Å². The van der Waals surface area contributed by atoms with Gasteiger partial charge in [-0.2, -0.15) is 0 Å². The molecule has 234 valence electrons. The summed E-state index contributed by atoms with van der Waals surface area (Å²) >= 11 is 0. The van der Waals surface area contributed by atoms with Crippen molar-refractivity contribution in [3.63, 3.8) is 0 Å². The molecule has 1 unspecified atom stereocenters. The summed E-state index contributed by atoms with van der Waals surface area (Å²) in [5.74, 6) is -0.684. The molecule has 0 aromatic heterocycles. The molecule has 0 radical (unpaired) electrons. The minimum Gasteiger partial charge on any atom is -0.352 e. The molecule has 0 bridgehead atoms. The van der Waals surface area contributed by atoms with E-state index in [1.165, 1.54) is 0 Å². The lowest BCUT2D eigenvalue weighted by Gasteiger charge is -2.34. The highest BCUT2D eigenvalue weighted by Crippen LogP contribution is 2.26. The van der Waals surface area contributed by atoms with E-state index in [-0.39, 0.29) is 23.4 Å². The van der Waals surface area contributed by atoms with Crippen molar-refractivity contribution in [3.8, 4) is 0 Å². The number of carbonyl (C=O) groups is 2. The number of nitrogens with one attached hydrogen (secondary N) is 1. The summed E-state index contributed by atoms with van der Waals surface area (Å²) in [6, 6.07) is 32.1. The largest absolute Gasteiger partial charge is 0.352 e. The van der Waals surface area contributed by atoms with E-state index in [9.17, 15) is 18.0 Å². The molecule has 1 aliphatic carbocycles. The van der Waals surface area contributed by atoms with E-state index >= 15 is 0 Å². The Morgan fingerprint density at radius 1 is 0.756 bits per heavy atom. The van der Waals surface area contributed by atoms with Crippen molar-refractivity contribution in [2.45, 2.75) is 69.5 Å². The molecular weight excluding hydrogens is 582 g/mol. The fourth-order valence-electron chi connectivity index (χ4n) is 5.78. The van der Waals surface area contributed by atoms with Crippen molar-refractivity contribution in [3.05, 3.63) is 131 Å². The molecule has 1 saturated carbocycles. The van der Waals surface area contributed by atoms with Gasteiger partial charge in [0.2, 0.25) is 11.8 Å². The van der Waals surface area contributed by atoms with Crippen LogP contribution in [-0.2, 0) is 32.6 Å². The smallest absolute Gasteiger partial charge is 0.264 e. The predicted octanol–water partition coefficient (Wildman–Crippen LogP) is 6.20. The van der Waals surface area contributed by atoms with Crippen LogP contribution in [0.4, 0.5) is 5.69 Å². The summed E-state index contributed by atoms with van der Waals surface area (Å²) in [5, 5.41) is 3.21. The SMILES string of the molecule is Cc1ccc(N(CC(=O)N(Cc2ccccc2)C(Cc2ccccc2)C(=O)NC2CCCC2)S(=O)(=O)c2ccc(C)cc2)cc1. The number of hydrogen-bond acceptors (Lipinski definition) is 4. The normalized spacial score (nSPS) is 14.1. The van der Waals surface area contributed by atoms with Crippen LogP contribution in [0.1, 0.15) is 47.9 Å². The third-order valence-electron chi connectivity index (χ3n) is 8.38. The molecule has 45 heavy (non-hydrogen) atoms. The number of hydrogen-bond donors (Lipinski definition) is 1. The van der Waals surface area contributed by atoms with Gasteiger partial charge in [0.05, 0.1) is 10.6 Å². The van der Waals surface area contributed by atoms with Crippen molar-refractivity contribution in [2.24, 2.45) is 0 Å². The Kier molecular flexibility index (Phi) is 10.4. The van der Waals surface area contributed by atoms with Gasteiger partial charge in [-0.15, -0.1) is 0 Å². The van der Waals surface area contributed by atoms with Gasteiger partial charge in [0.1, 0.15) is 12.6 Å². The molecule has 8 heteroatoms. The second-order valence-corrected chi connectivity index (χ2v) is 13.7. The van der Waals surface area contributed by atoms with E-state index in [1.54, 1.807) is 41.3 Å². The molecule has 0 heterocycles. The third-order valence-corrected chi connectivity index (χ3v) is 10.2. The summed E-state index contributed by atoms with van der Waals surface area (Å²) < 4.78 is 29.5. The second-order valence-electron chi connectivity index (χ2n) is 11.9. The van der Waals surface area contributed by atoms with Gasteiger partial charge in [-0.05, 0) is 62.1 Å². The maximum atomic E-state index is 14.5. The van der Waals surface area contributed by atoms with Crippen LogP contribution in [-0.4, -0.2) is 43.8 Å². The number of benzene rings is 4. The first-order valence-corrected chi connectivity index (χ1v) is 17.0. The van der Waals surface area contributed by atoms with Crippen LogP contribution in [0.5, 0.6) is 0 Å². The number of amides is 2. The van der Waals surface area contributed by atoms with E-state index in [2.05, 4.69) is 5.32 Å². The fraction of sp³-hybridized carbons (Fsp3) is 0.297. The minimum absolute atomic E-state index is 0.0652. The fourth-order valence-corrected chi connectivity index (χ4v) is 7.19. The predicted molar refractivity (Wildman–Crippen MR) is 178 cm³/mol. The van der Waals surface area contributed by atoms with Crippen LogP contribution in [0.25, 0.3) is 0 Å². The van der Waals surface area contributed by atoms with Crippen LogP contribution >= 0.6 is 0 Å². The van der Waals surface area contributed by atoms with E-state index in [4.69, 9.17) is 0 Å². The van der Waals surface area contributed by atoms with Crippen LogP contribution in [0.3, 0.4) is 0 Å². The highest BCUT2D eigenvalue weighted by atomic mass is 32.2. The van der Waals surface area contributed by atoms with Crippen molar-refractivity contribution in [1.82, 2.24) is 10.2 Å². The summed E-state index contributed by atoms with van der Waals surface area (Å²) in [6.45, 7) is 3.50. The number of anilines is 1. The maximum absolute atomic E-state index is 14.5. The Hall–Kier alpha value is -4.43. The molecular formula is C37H41N3O4S. The highest BCUT2D eigenvalue weighted by molar-refractivity contribution is 7.92. The van der Waals surface area contributed by atoms with E-state index in [0.29, 0.717) is 12.1 Å². The monoisotopic (exact) mass is 623 g/mol. The topological polar surface area (TPSA) is 86.8 Å². The first kappa shape index (κ1) is 32.0. The van der Waals surface area contributed by atoms with Crippen molar-refractivity contribution in [2.75, 3.05) is 10.8 Å². The second kappa shape index (κ2) is 14.6. The third kappa shape index (κ3) is 8.19. The van der Waals surface area contributed by atoms with Gasteiger partial charge < -0.3 is 10.2 Å². The average Bonchev–Trinajstić information content (AvgIpc) is 3.56. The quantitative estimate of drug-likeness (QED) is 0.204. The molecule has 4 aromatic carbocycles. The lowest BCUT2D eigenvalue weighted by atomic mass is 10.0. The maximum Gasteiger partial charge on any atom is 0.264 e. The number of aryl methyl sites for hydroxylation is 2. The lowest BCUT2D eigenvalue weighted by Crippen LogP contribution is -2.54. The molecule has 1 atom stereocenters. The van der Waals surface area contributed by atoms with Gasteiger partial charge in [0, 0.05) is 19.0 Å². The van der Waals surface area contributed by atoms with Gasteiger partial charge in [0.25, 0.3) is 10.0 Å². The Labute approximate surface area is 266 Å². The Morgan fingerprint density at radius 2 is 1.29 bits per heavy atom. The summed E-state index contributed by atoms with van der Waals surface area (Å²) in [5.41, 5.74) is 4.04. The molecule has 0 saturated heterocycles. The molecule has 7 nitrogen and oxygen atoms in total. The lowest BCUT2D eigenvalue weighted by molar-refractivity contribution is -0.140. The van der Waals surface area contributed by atoms with Crippen molar-refractivity contribution >= 4 is 27.5 Å². The molecule has 1 fully saturated rings. The van der Waals surface area contributed by atoms with E-state index in [1.807, 2.05) is 86.6 Å². The zero-order valence-electron chi connectivity index (χ0n) is 25.9. The zero-order chi connectivity index (χ0) is 31.8. The minimum atomic E-state index is -4.12. The van der Waals surface area contributed by atoms with Crippen molar-refractivity contribution in [1.29, 1.82) is 0 Å². The first-order valence-electron chi connectivity index (χ1n) is 15.5. The Balaban J connectivity index is 1.55. The average molecular weight is 624 g/mol. The van der Waals surface area contributed by atoms with Gasteiger partial charge in [-0.3, -0.25) is 13.9 Å². The standard InChI is InChI=1S/C37H41N3O4S/c1-28-17-21-33(22-18-28)40(45(43,44)34-23-19-29(2)20-24-34)27-36(41)39(26-31-13-7-4-8-14-31)35(25-30-11-5-3-6-12-30)37(42)38-32-15-9-10-16-32/h3-8,11-14,17-24,32,35H,9-10,15-16,25-27H2,1-2H3,(H,38,42). The summed E-state index contributed by atoms with van der Waals surface area (Å²) in [6.07, 6.45) is 4.23. The summed E-state index contributed by atoms with van der Waals surface area (Å²) in [7, 11) is -4.12. The zero-order valence-corrected chi connectivity index (χ0v) is 26.7. The number of rotatable bonds is 12. The first-order chi connectivity index (χ1) is 21.7. The van der Waals surface area contributed by atoms with E-state index in [0.717, 1.165) is 52.2 Å². The number of carbonyl (C=O) groups excluding carboxylic acids is 2. The Bertz CT molecular complexity index is 1670. The van der Waals surface area contributed by atoms with Gasteiger partial charge in [-0.25, -0.2) is 8.42 Å². The van der Waals surface area contributed by atoms with Crippen LogP contribution in [0, 0.1) is 13.8 Å². The van der Waals surface area contributed by atoms with Crippen LogP contribution < -0.4 is 9.62 Å². The molecule has 1 N–H and O–H groups in total. The molecule has 0 spiro atoms. The molecule has 0 aliphatic heterocycles. The number of nitrogens with zero attached hydrogens (tertiary/aromatic N) is 2. The molecule has 2 amide bonds. The van der Waals surface area contributed by atoms with E-state index < -0.39 is 28.5 Å². The van der Waals surface area contributed by atoms with Crippen molar-refractivity contribution < 1.29 is 18.0 Å². The van der Waals surface area contributed by atoms with Gasteiger partial charge in [0.15, 0.2) is 0 Å². The molecule has 5 rings (SSSR count).